The third-order valence-electron chi connectivity index (χ3n) is 4.59. The van der Waals surface area contributed by atoms with E-state index in [1.54, 1.807) is 12.1 Å². The van der Waals surface area contributed by atoms with E-state index in [4.69, 9.17) is 16.3 Å². The molecule has 2 aromatic carbocycles. The van der Waals surface area contributed by atoms with Crippen molar-refractivity contribution in [1.82, 2.24) is 10.3 Å². The van der Waals surface area contributed by atoms with E-state index in [1.165, 1.54) is 34.4 Å². The third kappa shape index (κ3) is 4.87. The lowest BCUT2D eigenvalue weighted by atomic mass is 10.0. The molecule has 0 amide bonds. The SMILES string of the molecule is O=S(=O)(Nc1cscn1)c1cc(Cl)c(OCC2NCC=C2c2ccc(F)cc2)cc1F. The Morgan fingerprint density at radius 2 is 2.03 bits per heavy atom. The Bertz CT molecular complexity index is 1220. The quantitative estimate of drug-likeness (QED) is 0.523. The molecule has 0 fully saturated rings. The molecule has 1 aromatic heterocycles. The fourth-order valence-corrected chi connectivity index (χ4v) is 5.06. The maximum absolute atomic E-state index is 14.6. The van der Waals surface area contributed by atoms with Crippen molar-refractivity contribution in [3.05, 3.63) is 75.6 Å². The van der Waals surface area contributed by atoms with Crippen LogP contribution in [0.3, 0.4) is 0 Å². The van der Waals surface area contributed by atoms with Crippen LogP contribution < -0.4 is 14.8 Å². The summed E-state index contributed by atoms with van der Waals surface area (Å²) in [5.41, 5.74) is 3.21. The van der Waals surface area contributed by atoms with Gasteiger partial charge in [0, 0.05) is 18.0 Å². The van der Waals surface area contributed by atoms with Gasteiger partial charge in [0.05, 0.1) is 16.6 Å². The first-order chi connectivity index (χ1) is 14.8. The Morgan fingerprint density at radius 1 is 1.26 bits per heavy atom. The first kappa shape index (κ1) is 21.7. The number of ether oxygens (including phenoxy) is 1. The highest BCUT2D eigenvalue weighted by atomic mass is 35.5. The van der Waals surface area contributed by atoms with E-state index < -0.39 is 20.7 Å². The lowest BCUT2D eigenvalue weighted by Gasteiger charge is -2.18. The standard InChI is InChI=1S/C20H16ClF2N3O3S2/c21-15-7-19(31(27,28)26-20-10-30-11-25-20)16(23)8-18(15)29-9-17-14(5-6-24-17)12-1-3-13(22)4-2-12/h1-5,7-8,10-11,17,24,26H,6,9H2. The predicted octanol–water partition coefficient (Wildman–Crippen LogP) is 4.31. The van der Waals surface area contributed by atoms with E-state index in [-0.39, 0.29) is 35.1 Å². The summed E-state index contributed by atoms with van der Waals surface area (Å²) in [5.74, 6) is -1.23. The van der Waals surface area contributed by atoms with Crippen LogP contribution in [0.1, 0.15) is 5.56 Å². The normalized spacial score (nSPS) is 16.2. The van der Waals surface area contributed by atoms with E-state index in [0.29, 0.717) is 6.54 Å². The molecule has 0 bridgehead atoms. The second kappa shape index (κ2) is 8.91. The van der Waals surface area contributed by atoms with Crippen molar-refractivity contribution in [2.75, 3.05) is 17.9 Å². The van der Waals surface area contributed by atoms with Gasteiger partial charge in [0.2, 0.25) is 0 Å². The lowest BCUT2D eigenvalue weighted by molar-refractivity contribution is 0.295. The largest absolute Gasteiger partial charge is 0.490 e. The highest BCUT2D eigenvalue weighted by Crippen LogP contribution is 2.32. The summed E-state index contributed by atoms with van der Waals surface area (Å²) in [6, 6.07) is 7.80. The van der Waals surface area contributed by atoms with Gasteiger partial charge in [-0.05, 0) is 29.3 Å². The number of thiazole rings is 1. The van der Waals surface area contributed by atoms with Crippen molar-refractivity contribution in [3.8, 4) is 5.75 Å². The molecule has 31 heavy (non-hydrogen) atoms. The first-order valence-corrected chi connectivity index (χ1v) is 11.9. The highest BCUT2D eigenvalue weighted by Gasteiger charge is 2.25. The van der Waals surface area contributed by atoms with E-state index >= 15 is 0 Å². The van der Waals surface area contributed by atoms with Crippen LogP contribution in [0.15, 0.2) is 58.3 Å². The van der Waals surface area contributed by atoms with Crippen LogP contribution in [0.5, 0.6) is 5.75 Å². The number of hydrogen-bond donors (Lipinski definition) is 2. The van der Waals surface area contributed by atoms with Gasteiger partial charge in [-0.15, -0.1) is 11.3 Å². The molecular formula is C20H16ClF2N3O3S2. The summed E-state index contributed by atoms with van der Waals surface area (Å²) >= 11 is 7.37. The fraction of sp³-hybridized carbons (Fsp3) is 0.150. The molecule has 0 radical (unpaired) electrons. The molecule has 0 spiro atoms. The van der Waals surface area contributed by atoms with Gasteiger partial charge in [0.15, 0.2) is 5.82 Å². The van der Waals surface area contributed by atoms with Gasteiger partial charge in [-0.25, -0.2) is 22.2 Å². The van der Waals surface area contributed by atoms with Crippen LogP contribution in [-0.2, 0) is 10.0 Å². The number of nitrogens with zero attached hydrogens (tertiary/aromatic N) is 1. The fourth-order valence-electron chi connectivity index (χ4n) is 3.13. The summed E-state index contributed by atoms with van der Waals surface area (Å²) < 4.78 is 60.5. The van der Waals surface area contributed by atoms with Gasteiger partial charge in [-0.3, -0.25) is 4.72 Å². The molecule has 2 heterocycles. The number of rotatable bonds is 7. The van der Waals surface area contributed by atoms with Gasteiger partial charge >= 0.3 is 0 Å². The smallest absolute Gasteiger partial charge is 0.266 e. The van der Waals surface area contributed by atoms with Crippen LogP contribution >= 0.6 is 22.9 Å². The average molecular weight is 484 g/mol. The zero-order chi connectivity index (χ0) is 22.0. The van der Waals surface area contributed by atoms with Gasteiger partial charge in [-0.2, -0.15) is 0 Å². The van der Waals surface area contributed by atoms with Crippen LogP contribution in [0.25, 0.3) is 5.57 Å². The zero-order valence-electron chi connectivity index (χ0n) is 15.8. The summed E-state index contributed by atoms with van der Waals surface area (Å²) in [4.78, 5) is 3.21. The molecule has 0 aliphatic carbocycles. The van der Waals surface area contributed by atoms with Gasteiger partial charge < -0.3 is 10.1 Å². The molecule has 1 aliphatic heterocycles. The molecule has 11 heteroatoms. The van der Waals surface area contributed by atoms with Crippen molar-refractivity contribution in [2.45, 2.75) is 10.9 Å². The predicted molar refractivity (Wildman–Crippen MR) is 116 cm³/mol. The van der Waals surface area contributed by atoms with Crippen LogP contribution in [0, 0.1) is 11.6 Å². The number of anilines is 1. The number of aromatic nitrogens is 1. The second-order valence-corrected chi connectivity index (χ2v) is 9.41. The number of nitrogens with one attached hydrogen (secondary N) is 2. The Hall–Kier alpha value is -2.53. The van der Waals surface area contributed by atoms with Crippen molar-refractivity contribution in [1.29, 1.82) is 0 Å². The number of benzene rings is 2. The molecule has 6 nitrogen and oxygen atoms in total. The maximum atomic E-state index is 14.6. The molecule has 1 aliphatic rings. The third-order valence-corrected chi connectivity index (χ3v) is 6.84. The van der Waals surface area contributed by atoms with Gasteiger partial charge in [0.25, 0.3) is 10.0 Å². The Labute approximate surface area is 186 Å². The molecule has 1 atom stereocenters. The van der Waals surface area contributed by atoms with Gasteiger partial charge in [0.1, 0.15) is 28.9 Å². The minimum Gasteiger partial charge on any atom is -0.490 e. The molecule has 0 saturated carbocycles. The summed E-state index contributed by atoms with van der Waals surface area (Å²) in [6.07, 6.45) is 1.96. The Kier molecular flexibility index (Phi) is 6.24. The monoisotopic (exact) mass is 483 g/mol. The van der Waals surface area contributed by atoms with Crippen molar-refractivity contribution < 1.29 is 21.9 Å². The maximum Gasteiger partial charge on any atom is 0.266 e. The minimum atomic E-state index is -4.21. The zero-order valence-corrected chi connectivity index (χ0v) is 18.2. The topological polar surface area (TPSA) is 80.3 Å². The molecule has 2 N–H and O–H groups in total. The van der Waals surface area contributed by atoms with E-state index in [0.717, 1.165) is 23.3 Å². The van der Waals surface area contributed by atoms with Crippen LogP contribution in [0.4, 0.5) is 14.6 Å². The molecule has 1 unspecified atom stereocenters. The highest BCUT2D eigenvalue weighted by molar-refractivity contribution is 7.92. The number of hydrogen-bond acceptors (Lipinski definition) is 6. The summed E-state index contributed by atoms with van der Waals surface area (Å²) in [6.45, 7) is 0.716. The van der Waals surface area contributed by atoms with Crippen LogP contribution in [-0.4, -0.2) is 32.6 Å². The van der Waals surface area contributed by atoms with Crippen LogP contribution in [0.2, 0.25) is 5.02 Å². The lowest BCUT2D eigenvalue weighted by Crippen LogP contribution is -2.31. The minimum absolute atomic E-state index is 0.0129. The molecule has 4 rings (SSSR count). The summed E-state index contributed by atoms with van der Waals surface area (Å²) in [7, 11) is -4.21. The second-order valence-electron chi connectivity index (χ2n) is 6.63. The van der Waals surface area contributed by atoms with E-state index in [1.807, 2.05) is 6.08 Å². The van der Waals surface area contributed by atoms with Crippen molar-refractivity contribution in [2.24, 2.45) is 0 Å². The van der Waals surface area contributed by atoms with E-state index in [2.05, 4.69) is 15.0 Å². The first-order valence-electron chi connectivity index (χ1n) is 9.06. The van der Waals surface area contributed by atoms with Crippen molar-refractivity contribution >= 4 is 44.4 Å². The molecule has 162 valence electrons. The Morgan fingerprint density at radius 3 is 2.74 bits per heavy atom. The summed E-state index contributed by atoms with van der Waals surface area (Å²) in [5, 5.41) is 4.66. The van der Waals surface area contributed by atoms with E-state index in [9.17, 15) is 17.2 Å². The molecular weight excluding hydrogens is 468 g/mol. The number of sulfonamides is 1. The average Bonchev–Trinajstić information content (AvgIpc) is 3.40. The molecule has 3 aromatic rings. The molecule has 0 saturated heterocycles. The van der Waals surface area contributed by atoms with Crippen molar-refractivity contribution in [3.63, 3.8) is 0 Å². The number of halogens is 3. The van der Waals surface area contributed by atoms with Gasteiger partial charge in [-0.1, -0.05) is 29.8 Å². The Balaban J connectivity index is 1.49.